The minimum atomic E-state index is -0.942. The molecule has 20 heavy (non-hydrogen) atoms. The van der Waals surface area contributed by atoms with Gasteiger partial charge in [0, 0.05) is 18.0 Å². The zero-order valence-corrected chi connectivity index (χ0v) is 10.8. The monoisotopic (exact) mass is 273 g/mol. The van der Waals surface area contributed by atoms with Crippen LogP contribution >= 0.6 is 0 Å². The lowest BCUT2D eigenvalue weighted by Crippen LogP contribution is -2.16. The molecule has 0 saturated carbocycles. The van der Waals surface area contributed by atoms with Gasteiger partial charge in [0.25, 0.3) is 0 Å². The molecule has 3 nitrogen and oxygen atoms in total. The van der Waals surface area contributed by atoms with Crippen LogP contribution in [0.4, 0.5) is 8.78 Å². The minimum absolute atomic E-state index is 0.156. The van der Waals surface area contributed by atoms with Crippen molar-refractivity contribution in [2.75, 3.05) is 0 Å². The Balaban J connectivity index is 2.21. The van der Waals surface area contributed by atoms with Crippen LogP contribution < -0.4 is 5.73 Å². The topological polar surface area (TPSA) is 43.8 Å². The second-order valence-electron chi connectivity index (χ2n) is 4.64. The Bertz CT molecular complexity index is 760. The van der Waals surface area contributed by atoms with E-state index in [-0.39, 0.29) is 5.56 Å². The summed E-state index contributed by atoms with van der Waals surface area (Å²) in [4.78, 5) is 0. The number of halogens is 2. The van der Waals surface area contributed by atoms with Crippen molar-refractivity contribution in [3.8, 4) is 0 Å². The van der Waals surface area contributed by atoms with Gasteiger partial charge < -0.3 is 5.73 Å². The van der Waals surface area contributed by atoms with E-state index in [4.69, 9.17) is 5.73 Å². The maximum Gasteiger partial charge on any atom is 0.131 e. The van der Waals surface area contributed by atoms with Crippen LogP contribution in [0.2, 0.25) is 0 Å². The first-order valence-corrected chi connectivity index (χ1v) is 6.20. The van der Waals surface area contributed by atoms with Gasteiger partial charge in [-0.15, -0.1) is 0 Å². The number of rotatable bonds is 2. The lowest BCUT2D eigenvalue weighted by atomic mass is 10.0. The molecule has 1 unspecified atom stereocenters. The van der Waals surface area contributed by atoms with Gasteiger partial charge in [0.1, 0.15) is 11.6 Å². The van der Waals surface area contributed by atoms with Gasteiger partial charge in [0.05, 0.1) is 17.3 Å². The van der Waals surface area contributed by atoms with E-state index < -0.39 is 17.7 Å². The van der Waals surface area contributed by atoms with E-state index in [1.807, 2.05) is 24.3 Å². The molecule has 2 aromatic carbocycles. The van der Waals surface area contributed by atoms with Crippen LogP contribution in [-0.4, -0.2) is 9.78 Å². The van der Waals surface area contributed by atoms with Crippen molar-refractivity contribution in [2.45, 2.75) is 6.04 Å². The third kappa shape index (κ3) is 1.87. The number of aryl methyl sites for hydroxylation is 1. The molecule has 5 heteroatoms. The predicted octanol–water partition coefficient (Wildman–Crippen LogP) is 2.90. The first-order valence-electron chi connectivity index (χ1n) is 6.20. The van der Waals surface area contributed by atoms with Crippen LogP contribution in [0.3, 0.4) is 0 Å². The summed E-state index contributed by atoms with van der Waals surface area (Å²) in [6.45, 7) is 0. The van der Waals surface area contributed by atoms with E-state index in [2.05, 4.69) is 5.10 Å². The molecular formula is C15H13F2N3. The normalized spacial score (nSPS) is 12.8. The number of nitrogens with zero attached hydrogens (tertiary/aromatic N) is 2. The average Bonchev–Trinajstić information content (AvgIpc) is 2.76. The van der Waals surface area contributed by atoms with Crippen LogP contribution in [0, 0.1) is 11.6 Å². The summed E-state index contributed by atoms with van der Waals surface area (Å²) >= 11 is 0. The molecule has 0 aliphatic carbocycles. The lowest BCUT2D eigenvalue weighted by molar-refractivity contribution is 0.539. The quantitative estimate of drug-likeness (QED) is 0.780. The molecule has 1 aromatic heterocycles. The largest absolute Gasteiger partial charge is 0.319 e. The molecule has 1 atom stereocenters. The van der Waals surface area contributed by atoms with Gasteiger partial charge in [-0.25, -0.2) is 8.78 Å². The molecular weight excluding hydrogens is 260 g/mol. The molecule has 1 heterocycles. The van der Waals surface area contributed by atoms with Gasteiger partial charge in [-0.3, -0.25) is 4.68 Å². The third-order valence-electron chi connectivity index (χ3n) is 3.39. The Morgan fingerprint density at radius 3 is 2.40 bits per heavy atom. The Morgan fingerprint density at radius 1 is 1.05 bits per heavy atom. The summed E-state index contributed by atoms with van der Waals surface area (Å²) in [5.74, 6) is -1.32. The van der Waals surface area contributed by atoms with Gasteiger partial charge >= 0.3 is 0 Å². The SMILES string of the molecule is Cn1nc(C(N)c2c(F)cccc2F)c2ccccc21. The lowest BCUT2D eigenvalue weighted by Gasteiger charge is -2.12. The highest BCUT2D eigenvalue weighted by Gasteiger charge is 2.22. The van der Waals surface area contributed by atoms with Gasteiger partial charge in [-0.05, 0) is 18.2 Å². The summed E-state index contributed by atoms with van der Waals surface area (Å²) in [5.41, 5.74) is 7.22. The smallest absolute Gasteiger partial charge is 0.131 e. The zero-order valence-electron chi connectivity index (χ0n) is 10.8. The molecule has 0 amide bonds. The molecule has 2 N–H and O–H groups in total. The molecule has 102 valence electrons. The van der Waals surface area contributed by atoms with Gasteiger partial charge in [-0.2, -0.15) is 5.10 Å². The van der Waals surface area contributed by atoms with Crippen LogP contribution in [0.15, 0.2) is 42.5 Å². The fourth-order valence-corrected chi connectivity index (χ4v) is 2.42. The average molecular weight is 273 g/mol. The molecule has 3 rings (SSSR count). The van der Waals surface area contributed by atoms with E-state index in [9.17, 15) is 8.78 Å². The molecule has 0 saturated heterocycles. The molecule has 0 fully saturated rings. The number of benzene rings is 2. The van der Waals surface area contributed by atoms with Crippen molar-refractivity contribution >= 4 is 10.9 Å². The van der Waals surface area contributed by atoms with Crippen LogP contribution in [0.25, 0.3) is 10.9 Å². The van der Waals surface area contributed by atoms with Crippen LogP contribution in [0.5, 0.6) is 0 Å². The standard InChI is InChI=1S/C15H13F2N3/c1-20-12-8-3-2-5-9(12)15(19-20)14(18)13-10(16)6-4-7-11(13)17/h2-8,14H,18H2,1H3. The van der Waals surface area contributed by atoms with Gasteiger partial charge in [0.2, 0.25) is 0 Å². The summed E-state index contributed by atoms with van der Waals surface area (Å²) in [6.07, 6.45) is 0. The predicted molar refractivity (Wildman–Crippen MR) is 73.1 cm³/mol. The summed E-state index contributed by atoms with van der Waals surface area (Å²) in [7, 11) is 1.77. The Morgan fingerprint density at radius 2 is 1.70 bits per heavy atom. The van der Waals surface area contributed by atoms with Crippen molar-refractivity contribution in [3.63, 3.8) is 0 Å². The number of aromatic nitrogens is 2. The maximum absolute atomic E-state index is 13.8. The van der Waals surface area contributed by atoms with E-state index in [1.165, 1.54) is 18.2 Å². The van der Waals surface area contributed by atoms with Gasteiger partial charge in [-0.1, -0.05) is 24.3 Å². The highest BCUT2D eigenvalue weighted by molar-refractivity contribution is 5.82. The number of hydrogen-bond donors (Lipinski definition) is 1. The maximum atomic E-state index is 13.8. The minimum Gasteiger partial charge on any atom is -0.319 e. The first kappa shape index (κ1) is 12.7. The fraction of sp³-hybridized carbons (Fsp3) is 0.133. The second kappa shape index (κ2) is 4.68. The molecule has 0 aliphatic heterocycles. The Kier molecular flexibility index (Phi) is 2.99. The Labute approximate surface area is 114 Å². The number of hydrogen-bond acceptors (Lipinski definition) is 2. The number of para-hydroxylation sites is 1. The summed E-state index contributed by atoms with van der Waals surface area (Å²) in [6, 6.07) is 10.2. The second-order valence-corrected chi connectivity index (χ2v) is 4.64. The molecule has 3 aromatic rings. The van der Waals surface area contributed by atoms with Crippen LogP contribution in [-0.2, 0) is 7.05 Å². The summed E-state index contributed by atoms with van der Waals surface area (Å²) < 4.78 is 29.3. The molecule has 0 spiro atoms. The Hall–Kier alpha value is -2.27. The molecule has 0 bridgehead atoms. The highest BCUT2D eigenvalue weighted by Crippen LogP contribution is 2.29. The first-order chi connectivity index (χ1) is 9.59. The van der Waals surface area contributed by atoms with Crippen molar-refractivity contribution in [3.05, 3.63) is 65.4 Å². The summed E-state index contributed by atoms with van der Waals surface area (Å²) in [5, 5.41) is 5.10. The van der Waals surface area contributed by atoms with Crippen LogP contribution in [0.1, 0.15) is 17.3 Å². The third-order valence-corrected chi connectivity index (χ3v) is 3.39. The molecule has 0 aliphatic rings. The van der Waals surface area contributed by atoms with Crippen molar-refractivity contribution in [1.82, 2.24) is 9.78 Å². The van der Waals surface area contributed by atoms with Crippen molar-refractivity contribution in [1.29, 1.82) is 0 Å². The van der Waals surface area contributed by atoms with Gasteiger partial charge in [0.15, 0.2) is 0 Å². The highest BCUT2D eigenvalue weighted by atomic mass is 19.1. The molecule has 0 radical (unpaired) electrons. The number of nitrogens with two attached hydrogens (primary N) is 1. The van der Waals surface area contributed by atoms with E-state index >= 15 is 0 Å². The van der Waals surface area contributed by atoms with E-state index in [0.717, 1.165) is 10.9 Å². The van der Waals surface area contributed by atoms with E-state index in [0.29, 0.717) is 5.69 Å². The van der Waals surface area contributed by atoms with Crippen molar-refractivity contribution < 1.29 is 8.78 Å². The number of fused-ring (bicyclic) bond motifs is 1. The van der Waals surface area contributed by atoms with Crippen molar-refractivity contribution in [2.24, 2.45) is 12.8 Å². The van der Waals surface area contributed by atoms with E-state index in [1.54, 1.807) is 11.7 Å². The fourth-order valence-electron chi connectivity index (χ4n) is 2.42. The zero-order chi connectivity index (χ0) is 14.3.